The van der Waals surface area contributed by atoms with E-state index in [4.69, 9.17) is 21.1 Å². The number of morpholine rings is 1. The van der Waals surface area contributed by atoms with Gasteiger partial charge >= 0.3 is 6.18 Å². The van der Waals surface area contributed by atoms with E-state index in [-0.39, 0.29) is 17.0 Å². The first-order valence-electron chi connectivity index (χ1n) is 8.41. The van der Waals surface area contributed by atoms with Crippen molar-refractivity contribution in [1.29, 1.82) is 0 Å². The SMILES string of the molecule is O=C(NN1CCOCC1)c1cnc(OCC(F)(F)F)c(-c2ccc(Cl)cc2)c1. The first-order chi connectivity index (χ1) is 13.3. The van der Waals surface area contributed by atoms with E-state index in [0.717, 1.165) is 0 Å². The predicted octanol–water partition coefficient (Wildman–Crippen LogP) is 3.32. The minimum absolute atomic E-state index is 0.191. The summed E-state index contributed by atoms with van der Waals surface area (Å²) in [7, 11) is 0. The summed E-state index contributed by atoms with van der Waals surface area (Å²) in [5.74, 6) is -0.644. The highest BCUT2D eigenvalue weighted by atomic mass is 35.5. The Balaban J connectivity index is 1.86. The van der Waals surface area contributed by atoms with Crippen molar-refractivity contribution in [2.45, 2.75) is 6.18 Å². The molecule has 28 heavy (non-hydrogen) atoms. The number of rotatable bonds is 5. The van der Waals surface area contributed by atoms with Gasteiger partial charge in [0.15, 0.2) is 6.61 Å². The molecule has 2 heterocycles. The molecule has 0 saturated carbocycles. The number of hydrogen-bond donors (Lipinski definition) is 1. The Labute approximate surface area is 164 Å². The third kappa shape index (κ3) is 5.57. The number of aromatic nitrogens is 1. The Morgan fingerprint density at radius 2 is 1.93 bits per heavy atom. The minimum atomic E-state index is -4.51. The zero-order valence-corrected chi connectivity index (χ0v) is 15.4. The van der Waals surface area contributed by atoms with E-state index in [1.165, 1.54) is 12.3 Å². The number of nitrogens with zero attached hydrogens (tertiary/aromatic N) is 2. The Bertz CT molecular complexity index is 825. The lowest BCUT2D eigenvalue weighted by Gasteiger charge is -2.27. The molecule has 1 fully saturated rings. The van der Waals surface area contributed by atoms with Crippen molar-refractivity contribution in [3.63, 3.8) is 0 Å². The molecule has 2 aromatic rings. The van der Waals surface area contributed by atoms with Crippen LogP contribution in [0, 0.1) is 0 Å². The van der Waals surface area contributed by atoms with Gasteiger partial charge in [-0.25, -0.2) is 9.99 Å². The van der Waals surface area contributed by atoms with E-state index in [1.54, 1.807) is 29.3 Å². The number of carbonyl (C=O) groups is 1. The largest absolute Gasteiger partial charge is 0.468 e. The van der Waals surface area contributed by atoms with Crippen LogP contribution in [0.1, 0.15) is 10.4 Å². The molecule has 0 aliphatic carbocycles. The van der Waals surface area contributed by atoms with Crippen LogP contribution < -0.4 is 10.2 Å². The van der Waals surface area contributed by atoms with Crippen LogP contribution in [0.2, 0.25) is 5.02 Å². The number of carbonyl (C=O) groups excluding carboxylic acids is 1. The van der Waals surface area contributed by atoms with E-state index < -0.39 is 18.7 Å². The maximum Gasteiger partial charge on any atom is 0.422 e. The number of benzene rings is 1. The molecule has 10 heteroatoms. The molecule has 0 unspecified atom stereocenters. The van der Waals surface area contributed by atoms with Crippen LogP contribution in [0.5, 0.6) is 5.88 Å². The van der Waals surface area contributed by atoms with Crippen LogP contribution in [-0.4, -0.2) is 55.0 Å². The van der Waals surface area contributed by atoms with Gasteiger partial charge in [0, 0.05) is 29.9 Å². The van der Waals surface area contributed by atoms with Crippen molar-refractivity contribution in [1.82, 2.24) is 15.4 Å². The summed E-state index contributed by atoms with van der Waals surface area (Å²) in [6, 6.07) is 7.85. The van der Waals surface area contributed by atoms with E-state index in [9.17, 15) is 18.0 Å². The second-order valence-corrected chi connectivity index (χ2v) is 6.46. The van der Waals surface area contributed by atoms with Gasteiger partial charge < -0.3 is 9.47 Å². The second kappa shape index (κ2) is 8.76. The van der Waals surface area contributed by atoms with Crippen LogP contribution in [-0.2, 0) is 4.74 Å². The van der Waals surface area contributed by atoms with Crippen LogP contribution in [0.15, 0.2) is 36.5 Å². The van der Waals surface area contributed by atoms with E-state index >= 15 is 0 Å². The molecule has 3 rings (SSSR count). The van der Waals surface area contributed by atoms with Gasteiger partial charge in [-0.2, -0.15) is 13.2 Å². The number of halogens is 4. The van der Waals surface area contributed by atoms with E-state index in [1.807, 2.05) is 0 Å². The molecule has 0 atom stereocenters. The Morgan fingerprint density at radius 3 is 2.57 bits per heavy atom. The standard InChI is InChI=1S/C18H17ClF3N3O3/c19-14-3-1-12(2-4-14)15-9-13(10-23-17(15)28-11-18(20,21)22)16(26)24-25-5-7-27-8-6-25/h1-4,9-10H,5-8,11H2,(H,24,26). The fourth-order valence-electron chi connectivity index (χ4n) is 2.56. The summed E-state index contributed by atoms with van der Waals surface area (Å²) >= 11 is 5.87. The highest BCUT2D eigenvalue weighted by molar-refractivity contribution is 6.30. The fourth-order valence-corrected chi connectivity index (χ4v) is 2.69. The van der Waals surface area contributed by atoms with Crippen molar-refractivity contribution in [3.05, 3.63) is 47.1 Å². The van der Waals surface area contributed by atoms with E-state index in [0.29, 0.717) is 36.9 Å². The highest BCUT2D eigenvalue weighted by Crippen LogP contribution is 2.31. The Hall–Kier alpha value is -2.36. The first-order valence-corrected chi connectivity index (χ1v) is 8.79. The molecule has 6 nitrogen and oxygen atoms in total. The number of amides is 1. The van der Waals surface area contributed by atoms with Crippen molar-refractivity contribution in [3.8, 4) is 17.0 Å². The third-order valence-electron chi connectivity index (χ3n) is 3.91. The molecule has 1 aliphatic heterocycles. The van der Waals surface area contributed by atoms with E-state index in [2.05, 4.69) is 10.4 Å². The molecule has 0 radical (unpaired) electrons. The number of pyridine rings is 1. The Kier molecular flexibility index (Phi) is 6.38. The lowest BCUT2D eigenvalue weighted by molar-refractivity contribution is -0.154. The maximum atomic E-state index is 12.5. The van der Waals surface area contributed by atoms with Gasteiger partial charge in [-0.1, -0.05) is 23.7 Å². The number of alkyl halides is 3. The van der Waals surface area contributed by atoms with Gasteiger partial charge in [0.05, 0.1) is 18.8 Å². The normalized spacial score (nSPS) is 15.3. The van der Waals surface area contributed by atoms with Crippen LogP contribution in [0.3, 0.4) is 0 Å². The smallest absolute Gasteiger partial charge is 0.422 e. The number of nitrogens with one attached hydrogen (secondary N) is 1. The van der Waals surface area contributed by atoms with Crippen molar-refractivity contribution >= 4 is 17.5 Å². The molecular weight excluding hydrogens is 399 g/mol. The average Bonchev–Trinajstić information content (AvgIpc) is 2.67. The monoisotopic (exact) mass is 415 g/mol. The summed E-state index contributed by atoms with van der Waals surface area (Å²) in [5.41, 5.74) is 3.70. The van der Waals surface area contributed by atoms with Gasteiger partial charge in [-0.05, 0) is 23.8 Å². The van der Waals surface area contributed by atoms with Gasteiger partial charge in [0.2, 0.25) is 5.88 Å². The van der Waals surface area contributed by atoms with Crippen LogP contribution >= 0.6 is 11.6 Å². The summed E-state index contributed by atoms with van der Waals surface area (Å²) in [5, 5.41) is 2.18. The molecular formula is C18H17ClF3N3O3. The second-order valence-electron chi connectivity index (χ2n) is 6.03. The molecule has 1 N–H and O–H groups in total. The maximum absolute atomic E-state index is 12.5. The van der Waals surface area contributed by atoms with Gasteiger partial charge in [-0.15, -0.1) is 0 Å². The predicted molar refractivity (Wildman–Crippen MR) is 96.1 cm³/mol. The van der Waals surface area contributed by atoms with Crippen LogP contribution in [0.25, 0.3) is 11.1 Å². The molecule has 0 spiro atoms. The fraction of sp³-hybridized carbons (Fsp3) is 0.333. The quantitative estimate of drug-likeness (QED) is 0.811. The van der Waals surface area contributed by atoms with Gasteiger partial charge in [0.1, 0.15) is 0 Å². The summed E-state index contributed by atoms with van der Waals surface area (Å²) in [4.78, 5) is 16.4. The molecule has 0 bridgehead atoms. The lowest BCUT2D eigenvalue weighted by Crippen LogP contribution is -2.48. The number of hydrogen-bond acceptors (Lipinski definition) is 5. The molecule has 1 aromatic heterocycles. The van der Waals surface area contributed by atoms with Crippen molar-refractivity contribution in [2.24, 2.45) is 0 Å². The molecule has 1 saturated heterocycles. The van der Waals surface area contributed by atoms with Gasteiger partial charge in [-0.3, -0.25) is 10.2 Å². The average molecular weight is 416 g/mol. The zero-order chi connectivity index (χ0) is 20.1. The molecule has 1 aliphatic rings. The van der Waals surface area contributed by atoms with Gasteiger partial charge in [0.25, 0.3) is 5.91 Å². The van der Waals surface area contributed by atoms with Crippen molar-refractivity contribution in [2.75, 3.05) is 32.9 Å². The van der Waals surface area contributed by atoms with Crippen LogP contribution in [0.4, 0.5) is 13.2 Å². The summed E-state index contributed by atoms with van der Waals surface area (Å²) in [6.45, 7) is 0.587. The molecule has 1 amide bonds. The summed E-state index contributed by atoms with van der Waals surface area (Å²) < 4.78 is 47.7. The minimum Gasteiger partial charge on any atom is -0.468 e. The highest BCUT2D eigenvalue weighted by Gasteiger charge is 2.29. The number of ether oxygens (including phenoxy) is 2. The summed E-state index contributed by atoms with van der Waals surface area (Å²) in [6.07, 6.45) is -3.33. The molecule has 1 aromatic carbocycles. The first kappa shape index (κ1) is 20.4. The zero-order valence-electron chi connectivity index (χ0n) is 14.6. The third-order valence-corrected chi connectivity index (χ3v) is 4.16. The topological polar surface area (TPSA) is 63.7 Å². The molecule has 150 valence electrons. The number of hydrazine groups is 1. The lowest BCUT2D eigenvalue weighted by atomic mass is 10.1. The van der Waals surface area contributed by atoms with Crippen molar-refractivity contribution < 1.29 is 27.4 Å². The Morgan fingerprint density at radius 1 is 1.25 bits per heavy atom.